The molecule has 1 rings (SSSR count). The normalized spacial score (nSPS) is 28.3. The van der Waals surface area contributed by atoms with Crippen molar-refractivity contribution in [3.63, 3.8) is 0 Å². The summed E-state index contributed by atoms with van der Waals surface area (Å²) in [6.45, 7) is 4.77. The molecule has 5 nitrogen and oxygen atoms in total. The van der Waals surface area contributed by atoms with Crippen molar-refractivity contribution in [3.05, 3.63) is 0 Å². The molecule has 4 N–H and O–H groups in total. The molecule has 0 aliphatic heterocycles. The van der Waals surface area contributed by atoms with E-state index < -0.39 is 17.2 Å². The lowest BCUT2D eigenvalue weighted by Gasteiger charge is -2.36. The lowest BCUT2D eigenvalue weighted by atomic mass is 9.78. The molecule has 1 aliphatic rings. The molecular weight excluding hydrogens is 246 g/mol. The molecule has 0 aromatic heterocycles. The van der Waals surface area contributed by atoms with E-state index in [9.17, 15) is 15.0 Å². The van der Waals surface area contributed by atoms with Gasteiger partial charge in [0.15, 0.2) is 0 Å². The standard InChI is InChI=1S/C14H27NO4/c1-3-13(18,4-2)9-15-10-14(19)7-5-11(6-8-14)12(16)17/h11,15,18-19H,3-10H2,1-2H3,(H,16,17). The molecule has 0 bridgehead atoms. The Labute approximate surface area is 115 Å². The van der Waals surface area contributed by atoms with E-state index in [1.807, 2.05) is 13.8 Å². The van der Waals surface area contributed by atoms with E-state index in [1.54, 1.807) is 0 Å². The van der Waals surface area contributed by atoms with Gasteiger partial charge in [-0.25, -0.2) is 0 Å². The van der Waals surface area contributed by atoms with Gasteiger partial charge in [-0.05, 0) is 38.5 Å². The highest BCUT2D eigenvalue weighted by Gasteiger charge is 2.36. The van der Waals surface area contributed by atoms with Crippen LogP contribution in [0.2, 0.25) is 0 Å². The summed E-state index contributed by atoms with van der Waals surface area (Å²) >= 11 is 0. The predicted molar refractivity (Wildman–Crippen MR) is 72.9 cm³/mol. The minimum absolute atomic E-state index is 0.316. The van der Waals surface area contributed by atoms with Crippen LogP contribution < -0.4 is 5.32 Å². The molecule has 0 aromatic rings. The van der Waals surface area contributed by atoms with Crippen LogP contribution in [0, 0.1) is 5.92 Å². The van der Waals surface area contributed by atoms with Crippen molar-refractivity contribution in [1.82, 2.24) is 5.32 Å². The lowest BCUT2D eigenvalue weighted by Crippen LogP contribution is -2.48. The molecule has 0 spiro atoms. The molecule has 0 atom stereocenters. The van der Waals surface area contributed by atoms with E-state index >= 15 is 0 Å². The van der Waals surface area contributed by atoms with Crippen molar-refractivity contribution in [2.75, 3.05) is 13.1 Å². The Kier molecular flexibility index (Phi) is 5.77. The molecule has 0 radical (unpaired) electrons. The van der Waals surface area contributed by atoms with E-state index in [2.05, 4.69) is 5.32 Å². The predicted octanol–water partition coefficient (Wildman–Crippen LogP) is 1.13. The van der Waals surface area contributed by atoms with Gasteiger partial charge in [0.05, 0.1) is 17.1 Å². The molecule has 1 aliphatic carbocycles. The van der Waals surface area contributed by atoms with Gasteiger partial charge in [-0.2, -0.15) is 0 Å². The van der Waals surface area contributed by atoms with Gasteiger partial charge in [0.1, 0.15) is 0 Å². The quantitative estimate of drug-likeness (QED) is 0.558. The van der Waals surface area contributed by atoms with E-state index in [1.165, 1.54) is 0 Å². The zero-order valence-corrected chi connectivity index (χ0v) is 12.0. The SMILES string of the molecule is CCC(O)(CC)CNCC1(O)CCC(C(=O)O)CC1. The number of hydrogen-bond acceptors (Lipinski definition) is 4. The van der Waals surface area contributed by atoms with E-state index in [0.717, 1.165) is 0 Å². The van der Waals surface area contributed by atoms with Gasteiger partial charge < -0.3 is 20.6 Å². The van der Waals surface area contributed by atoms with Gasteiger partial charge in [0.2, 0.25) is 0 Å². The highest BCUT2D eigenvalue weighted by molar-refractivity contribution is 5.70. The molecule has 0 aromatic carbocycles. The molecule has 0 unspecified atom stereocenters. The summed E-state index contributed by atoms with van der Waals surface area (Å²) in [5.74, 6) is -1.08. The Hall–Kier alpha value is -0.650. The van der Waals surface area contributed by atoms with Gasteiger partial charge in [-0.15, -0.1) is 0 Å². The van der Waals surface area contributed by atoms with E-state index in [-0.39, 0.29) is 5.92 Å². The number of rotatable bonds is 7. The van der Waals surface area contributed by atoms with Crippen LogP contribution >= 0.6 is 0 Å². The zero-order chi connectivity index (χ0) is 14.5. The first-order valence-electron chi connectivity index (χ1n) is 7.22. The monoisotopic (exact) mass is 273 g/mol. The summed E-state index contributed by atoms with van der Waals surface area (Å²) in [7, 11) is 0. The summed E-state index contributed by atoms with van der Waals surface area (Å²) in [6, 6.07) is 0. The molecule has 5 heteroatoms. The Balaban J connectivity index is 2.35. The third-order valence-electron chi connectivity index (χ3n) is 4.49. The number of carboxylic acid groups (broad SMARTS) is 1. The summed E-state index contributed by atoms with van der Waals surface area (Å²) in [4.78, 5) is 10.9. The van der Waals surface area contributed by atoms with Crippen LogP contribution in [0.25, 0.3) is 0 Å². The second-order valence-corrected chi connectivity index (χ2v) is 5.87. The number of carboxylic acids is 1. The van der Waals surface area contributed by atoms with E-state index in [0.29, 0.717) is 51.6 Å². The first-order chi connectivity index (χ1) is 8.84. The minimum atomic E-state index is -0.825. The Morgan fingerprint density at radius 1 is 1.32 bits per heavy atom. The minimum Gasteiger partial charge on any atom is -0.481 e. The Bertz CT molecular complexity index is 294. The number of aliphatic hydroxyl groups is 2. The maximum Gasteiger partial charge on any atom is 0.306 e. The fourth-order valence-corrected chi connectivity index (χ4v) is 2.61. The maximum atomic E-state index is 10.9. The molecular formula is C14H27NO4. The summed E-state index contributed by atoms with van der Waals surface area (Å²) < 4.78 is 0. The number of carbonyl (C=O) groups is 1. The van der Waals surface area contributed by atoms with Crippen LogP contribution in [0.5, 0.6) is 0 Å². The summed E-state index contributed by atoms with van der Waals surface area (Å²) in [6.07, 6.45) is 3.42. The third-order valence-corrected chi connectivity index (χ3v) is 4.49. The highest BCUT2D eigenvalue weighted by atomic mass is 16.4. The second kappa shape index (κ2) is 6.68. The summed E-state index contributed by atoms with van der Waals surface area (Å²) in [5, 5.41) is 32.6. The third kappa shape index (κ3) is 4.75. The molecule has 112 valence electrons. The Morgan fingerprint density at radius 2 is 1.84 bits per heavy atom. The molecule has 1 saturated carbocycles. The molecule has 0 amide bonds. The topological polar surface area (TPSA) is 89.8 Å². The van der Waals surface area contributed by atoms with Crippen molar-refractivity contribution >= 4 is 5.97 Å². The van der Waals surface area contributed by atoms with Crippen LogP contribution in [0.3, 0.4) is 0 Å². The van der Waals surface area contributed by atoms with Gasteiger partial charge >= 0.3 is 5.97 Å². The average Bonchev–Trinajstić information content (AvgIpc) is 2.39. The van der Waals surface area contributed by atoms with Crippen molar-refractivity contribution in [1.29, 1.82) is 0 Å². The van der Waals surface area contributed by atoms with Gasteiger partial charge in [0, 0.05) is 13.1 Å². The molecule has 1 fully saturated rings. The first-order valence-corrected chi connectivity index (χ1v) is 7.22. The van der Waals surface area contributed by atoms with Gasteiger partial charge in [0.25, 0.3) is 0 Å². The van der Waals surface area contributed by atoms with E-state index in [4.69, 9.17) is 5.11 Å². The van der Waals surface area contributed by atoms with Crippen LogP contribution in [0.4, 0.5) is 0 Å². The van der Waals surface area contributed by atoms with Crippen molar-refractivity contribution < 1.29 is 20.1 Å². The smallest absolute Gasteiger partial charge is 0.306 e. The van der Waals surface area contributed by atoms with Gasteiger partial charge in [-0.3, -0.25) is 4.79 Å². The van der Waals surface area contributed by atoms with Crippen LogP contribution in [0.1, 0.15) is 52.4 Å². The van der Waals surface area contributed by atoms with Crippen molar-refractivity contribution in [3.8, 4) is 0 Å². The molecule has 0 saturated heterocycles. The fourth-order valence-electron chi connectivity index (χ4n) is 2.61. The van der Waals surface area contributed by atoms with Crippen LogP contribution in [-0.2, 0) is 4.79 Å². The van der Waals surface area contributed by atoms with Gasteiger partial charge in [-0.1, -0.05) is 13.8 Å². The second-order valence-electron chi connectivity index (χ2n) is 5.87. The van der Waals surface area contributed by atoms with Crippen molar-refractivity contribution in [2.24, 2.45) is 5.92 Å². The summed E-state index contributed by atoms with van der Waals surface area (Å²) in [5.41, 5.74) is -1.54. The zero-order valence-electron chi connectivity index (χ0n) is 12.0. The maximum absolute atomic E-state index is 10.9. The lowest BCUT2D eigenvalue weighted by molar-refractivity contribution is -0.144. The fraction of sp³-hybridized carbons (Fsp3) is 0.929. The largest absolute Gasteiger partial charge is 0.481 e. The number of aliphatic carboxylic acids is 1. The van der Waals surface area contributed by atoms with Crippen molar-refractivity contribution in [2.45, 2.75) is 63.6 Å². The van der Waals surface area contributed by atoms with Crippen LogP contribution in [-0.4, -0.2) is 45.6 Å². The van der Waals surface area contributed by atoms with Crippen LogP contribution in [0.15, 0.2) is 0 Å². The highest BCUT2D eigenvalue weighted by Crippen LogP contribution is 2.31. The number of nitrogens with one attached hydrogen (secondary N) is 1. The molecule has 19 heavy (non-hydrogen) atoms. The average molecular weight is 273 g/mol. The number of hydrogen-bond donors (Lipinski definition) is 4. The first kappa shape index (κ1) is 16.4. The Morgan fingerprint density at radius 3 is 2.26 bits per heavy atom. The molecule has 0 heterocycles.